The summed E-state index contributed by atoms with van der Waals surface area (Å²) in [5.74, 6) is 0. The molecule has 0 N–H and O–H groups in total. The fourth-order valence-electron chi connectivity index (χ4n) is 3.63. The van der Waals surface area contributed by atoms with Crippen molar-refractivity contribution < 1.29 is 0 Å². The molecule has 0 atom stereocenters. The minimum Gasteiger partial charge on any atom is -0.0622 e. The highest BCUT2D eigenvalue weighted by molar-refractivity contribution is 5.84. The van der Waals surface area contributed by atoms with Gasteiger partial charge < -0.3 is 0 Å². The average Bonchev–Trinajstić information content (AvgIpc) is 2.80. The van der Waals surface area contributed by atoms with E-state index in [0.717, 1.165) is 22.3 Å². The maximum atomic E-state index is 3.55. The third kappa shape index (κ3) is 4.27. The summed E-state index contributed by atoms with van der Waals surface area (Å²) in [4.78, 5) is 0. The number of benzene rings is 4. The molecule has 0 unspecified atom stereocenters. The van der Waals surface area contributed by atoms with Crippen LogP contribution in [0, 0.1) is 13.8 Å². The van der Waals surface area contributed by atoms with Crippen LogP contribution in [0.3, 0.4) is 0 Å². The second-order valence-corrected chi connectivity index (χ2v) is 7.36. The molecule has 0 aliphatic heterocycles. The van der Waals surface area contributed by atoms with Crippen LogP contribution in [0.15, 0.2) is 121 Å². The molecule has 30 heavy (non-hydrogen) atoms. The van der Waals surface area contributed by atoms with Crippen molar-refractivity contribution >= 4 is 11.1 Å². The summed E-state index contributed by atoms with van der Waals surface area (Å²) >= 11 is 0. The molecule has 0 fully saturated rings. The van der Waals surface area contributed by atoms with Gasteiger partial charge >= 0.3 is 0 Å². The maximum Gasteiger partial charge on any atom is 0.0396 e. The fourth-order valence-corrected chi connectivity index (χ4v) is 3.63. The summed E-state index contributed by atoms with van der Waals surface area (Å²) in [6.45, 7) is 4.28. The van der Waals surface area contributed by atoms with Crippen LogP contribution in [0.5, 0.6) is 0 Å². The van der Waals surface area contributed by atoms with Gasteiger partial charge in [-0.25, -0.2) is 0 Å². The monoisotopic (exact) mass is 384 g/mol. The lowest BCUT2D eigenvalue weighted by atomic mass is 9.93. The number of hydrogen-bond donors (Lipinski definition) is 0. The third-order valence-electron chi connectivity index (χ3n) is 5.27. The van der Waals surface area contributed by atoms with Gasteiger partial charge in [0.05, 0.1) is 0 Å². The van der Waals surface area contributed by atoms with Gasteiger partial charge in [-0.05, 0) is 47.2 Å². The van der Waals surface area contributed by atoms with Crippen molar-refractivity contribution in [2.45, 2.75) is 13.8 Å². The second-order valence-electron chi connectivity index (χ2n) is 7.36. The Labute approximate surface area is 179 Å². The Balaban J connectivity index is 2.07. The van der Waals surface area contributed by atoms with Crippen LogP contribution in [0.2, 0.25) is 0 Å². The van der Waals surface area contributed by atoms with Crippen molar-refractivity contribution in [3.8, 4) is 0 Å². The predicted octanol–water partition coefficient (Wildman–Crippen LogP) is 7.62. The topological polar surface area (TPSA) is 0 Å². The quantitative estimate of drug-likeness (QED) is 0.317. The molecule has 0 heteroatoms. The van der Waals surface area contributed by atoms with E-state index in [4.69, 9.17) is 0 Å². The van der Waals surface area contributed by atoms with E-state index in [1.807, 2.05) is 12.1 Å². The van der Waals surface area contributed by atoms with Crippen molar-refractivity contribution in [2.75, 3.05) is 0 Å². The smallest absolute Gasteiger partial charge is 0.0396 e. The van der Waals surface area contributed by atoms with Crippen LogP contribution < -0.4 is 0 Å². The van der Waals surface area contributed by atoms with E-state index in [2.05, 4.69) is 122 Å². The standard InChI is InChI=1S/C30H24/c1-23-13-9-11-19-27(23)29(25-15-5-3-6-16-25)21-22-30(26-17-7-4-8-18-26)28-20-12-10-14-24(28)2/h3-20H,1-2H3. The van der Waals surface area contributed by atoms with Crippen molar-refractivity contribution in [2.24, 2.45) is 0 Å². The van der Waals surface area contributed by atoms with Gasteiger partial charge in [-0.2, -0.15) is 0 Å². The number of aryl methyl sites for hydroxylation is 2. The van der Waals surface area contributed by atoms with Gasteiger partial charge in [0, 0.05) is 11.1 Å². The molecule has 0 saturated carbocycles. The highest BCUT2D eigenvalue weighted by Gasteiger charge is 2.09. The lowest BCUT2D eigenvalue weighted by molar-refractivity contribution is 1.41. The molecule has 4 aromatic rings. The van der Waals surface area contributed by atoms with Crippen molar-refractivity contribution in [1.82, 2.24) is 0 Å². The molecule has 0 radical (unpaired) electrons. The lowest BCUT2D eigenvalue weighted by Gasteiger charge is -2.10. The third-order valence-corrected chi connectivity index (χ3v) is 5.27. The van der Waals surface area contributed by atoms with Gasteiger partial charge in [-0.3, -0.25) is 0 Å². The van der Waals surface area contributed by atoms with Gasteiger partial charge in [0.1, 0.15) is 0 Å². The molecular weight excluding hydrogens is 360 g/mol. The van der Waals surface area contributed by atoms with Gasteiger partial charge in [-0.15, -0.1) is 0 Å². The van der Waals surface area contributed by atoms with Crippen LogP contribution in [-0.4, -0.2) is 0 Å². The molecule has 144 valence electrons. The Morgan fingerprint density at radius 3 is 1.13 bits per heavy atom. The molecule has 0 bridgehead atoms. The second kappa shape index (κ2) is 9.12. The Morgan fingerprint density at radius 2 is 0.767 bits per heavy atom. The molecule has 0 aromatic heterocycles. The van der Waals surface area contributed by atoms with Gasteiger partial charge in [0.2, 0.25) is 0 Å². The molecule has 0 nitrogen and oxygen atoms in total. The first-order valence-electron chi connectivity index (χ1n) is 10.2. The number of rotatable bonds is 4. The lowest BCUT2D eigenvalue weighted by Crippen LogP contribution is -1.91. The van der Waals surface area contributed by atoms with Crippen molar-refractivity contribution in [3.63, 3.8) is 0 Å². The van der Waals surface area contributed by atoms with E-state index >= 15 is 0 Å². The van der Waals surface area contributed by atoms with Gasteiger partial charge in [0.15, 0.2) is 0 Å². The molecule has 0 amide bonds. The Bertz CT molecular complexity index is 1150. The van der Waals surface area contributed by atoms with Gasteiger partial charge in [0.25, 0.3) is 0 Å². The zero-order valence-electron chi connectivity index (χ0n) is 17.4. The molecule has 0 aliphatic rings. The van der Waals surface area contributed by atoms with E-state index in [0.29, 0.717) is 0 Å². The van der Waals surface area contributed by atoms with E-state index < -0.39 is 0 Å². The summed E-state index contributed by atoms with van der Waals surface area (Å²) in [7, 11) is 0. The average molecular weight is 385 g/mol. The number of hydrogen-bond acceptors (Lipinski definition) is 0. The minimum atomic E-state index is 1.05. The Kier molecular flexibility index (Phi) is 5.93. The Hall–Kier alpha value is -3.82. The largest absolute Gasteiger partial charge is 0.0622 e. The first kappa shape index (κ1) is 19.5. The normalized spacial score (nSPS) is 10.1. The summed E-state index contributed by atoms with van der Waals surface area (Å²) in [6, 6.07) is 37.8. The molecular formula is C30H24. The summed E-state index contributed by atoms with van der Waals surface area (Å²) < 4.78 is 0. The van der Waals surface area contributed by atoms with Crippen molar-refractivity contribution in [3.05, 3.63) is 154 Å². The maximum absolute atomic E-state index is 3.55. The minimum absolute atomic E-state index is 1.05. The van der Waals surface area contributed by atoms with Crippen LogP contribution in [0.25, 0.3) is 11.1 Å². The SMILES string of the molecule is Cc1ccccc1C(=C=C=C(c1ccccc1)c1ccccc1C)c1ccccc1. The molecule has 4 aromatic carbocycles. The zero-order chi connectivity index (χ0) is 20.8. The van der Waals surface area contributed by atoms with E-state index in [9.17, 15) is 0 Å². The molecule has 0 spiro atoms. The molecule has 4 rings (SSSR count). The first-order chi connectivity index (χ1) is 14.7. The summed E-state index contributed by atoms with van der Waals surface area (Å²) in [5.41, 5.74) is 16.3. The predicted molar refractivity (Wildman–Crippen MR) is 127 cm³/mol. The van der Waals surface area contributed by atoms with Gasteiger partial charge in [-0.1, -0.05) is 121 Å². The highest BCUT2D eigenvalue weighted by atomic mass is 14.1. The molecule has 0 aliphatic carbocycles. The highest BCUT2D eigenvalue weighted by Crippen LogP contribution is 2.27. The molecule has 0 saturated heterocycles. The van der Waals surface area contributed by atoms with E-state index in [1.165, 1.54) is 22.3 Å². The zero-order valence-corrected chi connectivity index (χ0v) is 17.4. The van der Waals surface area contributed by atoms with Crippen LogP contribution in [0.4, 0.5) is 0 Å². The van der Waals surface area contributed by atoms with Crippen LogP contribution >= 0.6 is 0 Å². The summed E-state index contributed by atoms with van der Waals surface area (Å²) in [5, 5.41) is 0. The summed E-state index contributed by atoms with van der Waals surface area (Å²) in [6.07, 6.45) is 0. The molecule has 0 heterocycles. The first-order valence-corrected chi connectivity index (χ1v) is 10.2. The Morgan fingerprint density at radius 1 is 0.433 bits per heavy atom. The van der Waals surface area contributed by atoms with Crippen LogP contribution in [0.1, 0.15) is 33.4 Å². The van der Waals surface area contributed by atoms with E-state index in [1.54, 1.807) is 0 Å². The fraction of sp³-hybridized carbons (Fsp3) is 0.0667. The van der Waals surface area contributed by atoms with Crippen LogP contribution in [-0.2, 0) is 0 Å². The van der Waals surface area contributed by atoms with E-state index in [-0.39, 0.29) is 0 Å². The van der Waals surface area contributed by atoms with Crippen molar-refractivity contribution in [1.29, 1.82) is 0 Å².